The lowest BCUT2D eigenvalue weighted by Crippen LogP contribution is -2.26. The van der Waals surface area contributed by atoms with E-state index >= 15 is 0 Å². The maximum absolute atomic E-state index is 12.4. The molecule has 0 aliphatic rings. The Bertz CT molecular complexity index is 654. The van der Waals surface area contributed by atoms with Crippen LogP contribution < -0.4 is 5.32 Å². The first-order valence-electron chi connectivity index (χ1n) is 6.28. The van der Waals surface area contributed by atoms with Crippen LogP contribution >= 0.6 is 15.9 Å². The molecular formula is C15H16BrNO2S. The van der Waals surface area contributed by atoms with Crippen LogP contribution in [0.4, 0.5) is 5.69 Å². The molecule has 20 heavy (non-hydrogen) atoms. The minimum atomic E-state index is -3.31. The molecule has 0 spiro atoms. The average Bonchev–Trinajstić information content (AvgIpc) is 2.46. The summed E-state index contributed by atoms with van der Waals surface area (Å²) in [6.45, 7) is 2.09. The molecule has 0 saturated carbocycles. The van der Waals surface area contributed by atoms with Crippen LogP contribution in [0.2, 0.25) is 0 Å². The van der Waals surface area contributed by atoms with Crippen LogP contribution in [0.3, 0.4) is 0 Å². The van der Waals surface area contributed by atoms with E-state index < -0.39 is 15.1 Å². The average molecular weight is 354 g/mol. The number of para-hydroxylation sites is 1. The predicted octanol–water partition coefficient (Wildman–Crippen LogP) is 3.72. The van der Waals surface area contributed by atoms with Crippen LogP contribution in [0.1, 0.15) is 6.92 Å². The summed E-state index contributed by atoms with van der Waals surface area (Å²) in [4.78, 5) is 0.350. The summed E-state index contributed by atoms with van der Waals surface area (Å²) in [5.41, 5.74) is 0.922. The largest absolute Gasteiger partial charge is 0.384 e. The maximum atomic E-state index is 12.4. The number of nitrogens with one attached hydrogen (secondary N) is 1. The van der Waals surface area contributed by atoms with Gasteiger partial charge < -0.3 is 5.32 Å². The summed E-state index contributed by atoms with van der Waals surface area (Å²) >= 11 is 3.30. The molecule has 0 radical (unpaired) electrons. The van der Waals surface area contributed by atoms with Gasteiger partial charge in [-0.25, -0.2) is 8.42 Å². The van der Waals surface area contributed by atoms with Gasteiger partial charge in [-0.3, -0.25) is 0 Å². The van der Waals surface area contributed by atoms with Gasteiger partial charge in [-0.15, -0.1) is 0 Å². The van der Waals surface area contributed by atoms with Crippen LogP contribution in [0, 0.1) is 0 Å². The van der Waals surface area contributed by atoms with Crippen molar-refractivity contribution in [2.24, 2.45) is 0 Å². The molecule has 1 unspecified atom stereocenters. The fourth-order valence-electron chi connectivity index (χ4n) is 1.78. The molecule has 106 valence electrons. The minimum absolute atomic E-state index is 0.350. The zero-order valence-electron chi connectivity index (χ0n) is 11.1. The van der Waals surface area contributed by atoms with Crippen LogP contribution in [-0.4, -0.2) is 20.2 Å². The normalized spacial score (nSPS) is 12.9. The molecule has 0 aliphatic carbocycles. The topological polar surface area (TPSA) is 46.2 Å². The molecule has 0 saturated heterocycles. The number of sulfone groups is 1. The van der Waals surface area contributed by atoms with E-state index in [0.717, 1.165) is 10.2 Å². The second kappa shape index (κ2) is 6.41. The van der Waals surface area contributed by atoms with E-state index in [2.05, 4.69) is 21.2 Å². The molecule has 5 heteroatoms. The molecule has 1 N–H and O–H groups in total. The number of hydrogen-bond acceptors (Lipinski definition) is 3. The highest BCUT2D eigenvalue weighted by molar-refractivity contribution is 9.10. The molecular weight excluding hydrogens is 338 g/mol. The lowest BCUT2D eigenvalue weighted by atomic mass is 10.3. The Balaban J connectivity index is 2.08. The van der Waals surface area contributed by atoms with Crippen molar-refractivity contribution in [3.63, 3.8) is 0 Å². The van der Waals surface area contributed by atoms with Gasteiger partial charge >= 0.3 is 0 Å². The Labute approximate surface area is 128 Å². The SMILES string of the molecule is CC(CNc1ccccc1)S(=O)(=O)c1ccc(Br)cc1. The van der Waals surface area contributed by atoms with Crippen molar-refractivity contribution in [2.75, 3.05) is 11.9 Å². The van der Waals surface area contributed by atoms with Crippen molar-refractivity contribution in [2.45, 2.75) is 17.1 Å². The maximum Gasteiger partial charge on any atom is 0.182 e. The minimum Gasteiger partial charge on any atom is -0.384 e. The van der Waals surface area contributed by atoms with Crippen molar-refractivity contribution < 1.29 is 8.42 Å². The fourth-order valence-corrected chi connectivity index (χ4v) is 3.33. The number of anilines is 1. The van der Waals surface area contributed by atoms with Gasteiger partial charge in [0, 0.05) is 16.7 Å². The molecule has 0 bridgehead atoms. The van der Waals surface area contributed by atoms with Gasteiger partial charge in [-0.05, 0) is 43.3 Å². The lowest BCUT2D eigenvalue weighted by molar-refractivity contribution is 0.585. The number of halogens is 1. The number of hydrogen-bond donors (Lipinski definition) is 1. The monoisotopic (exact) mass is 353 g/mol. The zero-order valence-corrected chi connectivity index (χ0v) is 13.5. The molecule has 0 aromatic heterocycles. The summed E-state index contributed by atoms with van der Waals surface area (Å²) in [5.74, 6) is 0. The highest BCUT2D eigenvalue weighted by atomic mass is 79.9. The van der Waals surface area contributed by atoms with E-state index in [9.17, 15) is 8.42 Å². The van der Waals surface area contributed by atoms with E-state index in [1.807, 2.05) is 30.3 Å². The third-order valence-electron chi connectivity index (χ3n) is 3.04. The Morgan fingerprint density at radius 2 is 1.65 bits per heavy atom. The van der Waals surface area contributed by atoms with Gasteiger partial charge in [0.1, 0.15) is 0 Å². The second-order valence-corrected chi connectivity index (χ2v) is 7.84. The van der Waals surface area contributed by atoms with Gasteiger partial charge in [0.25, 0.3) is 0 Å². The summed E-state index contributed by atoms with van der Waals surface area (Å²) < 4.78 is 25.7. The van der Waals surface area contributed by atoms with Crippen molar-refractivity contribution in [1.82, 2.24) is 0 Å². The second-order valence-electron chi connectivity index (χ2n) is 4.56. The molecule has 0 fully saturated rings. The number of benzene rings is 2. The zero-order chi connectivity index (χ0) is 14.6. The first-order chi connectivity index (χ1) is 9.50. The molecule has 0 aliphatic heterocycles. The van der Waals surface area contributed by atoms with E-state index in [0.29, 0.717) is 11.4 Å². The quantitative estimate of drug-likeness (QED) is 0.890. The van der Waals surface area contributed by atoms with Gasteiger partial charge in [-0.1, -0.05) is 34.1 Å². The highest BCUT2D eigenvalue weighted by Crippen LogP contribution is 2.19. The Kier molecular flexibility index (Phi) is 4.83. The Morgan fingerprint density at radius 1 is 1.05 bits per heavy atom. The molecule has 1 atom stereocenters. The number of rotatable bonds is 5. The molecule has 3 nitrogen and oxygen atoms in total. The highest BCUT2D eigenvalue weighted by Gasteiger charge is 2.22. The third-order valence-corrected chi connectivity index (χ3v) is 5.72. The van der Waals surface area contributed by atoms with Gasteiger partial charge in [-0.2, -0.15) is 0 Å². The predicted molar refractivity (Wildman–Crippen MR) is 85.7 cm³/mol. The van der Waals surface area contributed by atoms with Crippen molar-refractivity contribution >= 4 is 31.5 Å². The summed E-state index contributed by atoms with van der Waals surface area (Å²) in [6.07, 6.45) is 0. The first kappa shape index (κ1) is 15.1. The van der Waals surface area contributed by atoms with Gasteiger partial charge in [0.05, 0.1) is 10.1 Å². The van der Waals surface area contributed by atoms with Crippen molar-refractivity contribution in [3.05, 3.63) is 59.1 Å². The van der Waals surface area contributed by atoms with Gasteiger partial charge in [0.2, 0.25) is 0 Å². The lowest BCUT2D eigenvalue weighted by Gasteiger charge is -2.14. The third kappa shape index (κ3) is 3.61. The van der Waals surface area contributed by atoms with Crippen LogP contribution in [0.25, 0.3) is 0 Å². The molecule has 2 rings (SSSR count). The molecule has 2 aromatic carbocycles. The van der Waals surface area contributed by atoms with Crippen LogP contribution in [0.5, 0.6) is 0 Å². The van der Waals surface area contributed by atoms with Gasteiger partial charge in [0.15, 0.2) is 9.84 Å². The fraction of sp³-hybridized carbons (Fsp3) is 0.200. The standard InChI is InChI=1S/C15H16BrNO2S/c1-12(11-17-14-5-3-2-4-6-14)20(18,19)15-9-7-13(16)8-10-15/h2-10,12,17H,11H2,1H3. The van der Waals surface area contributed by atoms with E-state index in [1.165, 1.54) is 0 Å². The summed E-state index contributed by atoms with van der Waals surface area (Å²) in [6, 6.07) is 16.3. The van der Waals surface area contributed by atoms with E-state index in [4.69, 9.17) is 0 Å². The summed E-state index contributed by atoms with van der Waals surface area (Å²) in [5, 5.41) is 2.65. The molecule has 0 heterocycles. The molecule has 0 amide bonds. The summed E-state index contributed by atoms with van der Waals surface area (Å²) in [7, 11) is -3.31. The first-order valence-corrected chi connectivity index (χ1v) is 8.62. The van der Waals surface area contributed by atoms with Crippen LogP contribution in [0.15, 0.2) is 64.0 Å². The van der Waals surface area contributed by atoms with Crippen molar-refractivity contribution in [1.29, 1.82) is 0 Å². The Morgan fingerprint density at radius 3 is 2.25 bits per heavy atom. The molecule has 2 aromatic rings. The Hall–Kier alpha value is -1.33. The van der Waals surface area contributed by atoms with E-state index in [-0.39, 0.29) is 0 Å². The van der Waals surface area contributed by atoms with Crippen LogP contribution in [-0.2, 0) is 9.84 Å². The smallest absolute Gasteiger partial charge is 0.182 e. The van der Waals surface area contributed by atoms with E-state index in [1.54, 1.807) is 31.2 Å². The van der Waals surface area contributed by atoms with Crippen molar-refractivity contribution in [3.8, 4) is 0 Å².